The van der Waals surface area contributed by atoms with Crippen LogP contribution in [-0.4, -0.2) is 44.2 Å². The summed E-state index contributed by atoms with van der Waals surface area (Å²) in [6, 6.07) is 20.5. The van der Waals surface area contributed by atoms with Gasteiger partial charge in [0.15, 0.2) is 5.82 Å². The summed E-state index contributed by atoms with van der Waals surface area (Å²) in [7, 11) is 0. The van der Waals surface area contributed by atoms with Crippen molar-refractivity contribution in [1.29, 1.82) is 0 Å². The zero-order valence-corrected chi connectivity index (χ0v) is 18.0. The summed E-state index contributed by atoms with van der Waals surface area (Å²) >= 11 is 0. The van der Waals surface area contributed by atoms with Crippen molar-refractivity contribution < 1.29 is 5.11 Å². The fraction of sp³-hybridized carbons (Fsp3) is 0.269. The Kier molecular flexibility index (Phi) is 6.05. The average molecular weight is 426 g/mol. The lowest BCUT2D eigenvalue weighted by atomic mass is 10.0. The highest BCUT2D eigenvalue weighted by Crippen LogP contribution is 2.25. The smallest absolute Gasteiger partial charge is 0.163 e. The Bertz CT molecular complexity index is 1190. The topological polar surface area (TPSA) is 74.2 Å². The van der Waals surface area contributed by atoms with Crippen LogP contribution in [0.4, 0.5) is 5.82 Å². The number of nitrogens with zero attached hydrogens (tertiary/aromatic N) is 4. The molecule has 0 spiro atoms. The molecule has 32 heavy (non-hydrogen) atoms. The molecule has 0 unspecified atom stereocenters. The van der Waals surface area contributed by atoms with Crippen LogP contribution < -0.4 is 5.32 Å². The molecule has 0 amide bonds. The van der Waals surface area contributed by atoms with E-state index in [1.54, 1.807) is 12.4 Å². The number of anilines is 1. The van der Waals surface area contributed by atoms with E-state index in [9.17, 15) is 5.11 Å². The summed E-state index contributed by atoms with van der Waals surface area (Å²) in [6.07, 6.45) is 5.10. The van der Waals surface area contributed by atoms with Crippen LogP contribution in [-0.2, 0) is 13.1 Å². The van der Waals surface area contributed by atoms with Gasteiger partial charge in [-0.1, -0.05) is 36.4 Å². The number of pyridine rings is 1. The van der Waals surface area contributed by atoms with Crippen LogP contribution in [0.25, 0.3) is 22.3 Å². The van der Waals surface area contributed by atoms with E-state index >= 15 is 0 Å². The van der Waals surface area contributed by atoms with Gasteiger partial charge in [0.05, 0.1) is 11.6 Å². The normalized spacial score (nSPS) is 15.2. The molecule has 0 atom stereocenters. The van der Waals surface area contributed by atoms with Gasteiger partial charge in [-0.2, -0.15) is 0 Å². The van der Waals surface area contributed by atoms with Crippen molar-refractivity contribution in [2.45, 2.75) is 32.0 Å². The predicted molar refractivity (Wildman–Crippen MR) is 127 cm³/mol. The number of fused-ring (bicyclic) bond motifs is 1. The molecular formula is C26H27N5O. The Morgan fingerprint density at radius 1 is 0.906 bits per heavy atom. The standard InChI is InChI=1S/C26H27N5O/c32-22-11-14-31(15-12-22)18-21-7-2-1-6-19(21)17-28-26-23-9-3-4-10-24(23)29-25(30-26)20-8-5-13-27-16-20/h1-10,13,16,22,32H,11-12,14-15,17-18H2,(H,28,29,30). The molecule has 6 heteroatoms. The highest BCUT2D eigenvalue weighted by Gasteiger charge is 2.18. The molecule has 2 aromatic carbocycles. The molecule has 0 aliphatic carbocycles. The lowest BCUT2D eigenvalue weighted by molar-refractivity contribution is 0.0791. The summed E-state index contributed by atoms with van der Waals surface area (Å²) in [5.41, 5.74) is 4.37. The predicted octanol–water partition coefficient (Wildman–Crippen LogP) is 4.26. The number of aliphatic hydroxyl groups excluding tert-OH is 1. The molecule has 2 N–H and O–H groups in total. The molecule has 4 aromatic rings. The van der Waals surface area contributed by atoms with E-state index in [1.165, 1.54) is 11.1 Å². The van der Waals surface area contributed by atoms with Gasteiger partial charge in [-0.25, -0.2) is 9.97 Å². The Hall–Kier alpha value is -3.35. The molecule has 1 saturated heterocycles. The number of benzene rings is 2. The van der Waals surface area contributed by atoms with Crippen LogP contribution >= 0.6 is 0 Å². The number of nitrogens with one attached hydrogen (secondary N) is 1. The van der Waals surface area contributed by atoms with Gasteiger partial charge in [0.1, 0.15) is 5.82 Å². The lowest BCUT2D eigenvalue weighted by Crippen LogP contribution is -2.35. The maximum atomic E-state index is 9.80. The summed E-state index contributed by atoms with van der Waals surface area (Å²) in [6.45, 7) is 3.46. The zero-order valence-electron chi connectivity index (χ0n) is 18.0. The molecule has 162 valence electrons. The number of hydrogen-bond donors (Lipinski definition) is 2. The van der Waals surface area contributed by atoms with Crippen LogP contribution in [0, 0.1) is 0 Å². The summed E-state index contributed by atoms with van der Waals surface area (Å²) in [4.78, 5) is 16.2. The number of aromatic nitrogens is 3. The molecule has 0 bridgehead atoms. The van der Waals surface area contributed by atoms with Gasteiger partial charge in [-0.15, -0.1) is 0 Å². The maximum absolute atomic E-state index is 9.80. The summed E-state index contributed by atoms with van der Waals surface area (Å²) in [5, 5.41) is 14.4. The van der Waals surface area contributed by atoms with Crippen molar-refractivity contribution in [2.24, 2.45) is 0 Å². The second-order valence-electron chi connectivity index (χ2n) is 8.28. The molecule has 6 nitrogen and oxygen atoms in total. The van der Waals surface area contributed by atoms with Crippen molar-refractivity contribution in [2.75, 3.05) is 18.4 Å². The van der Waals surface area contributed by atoms with Gasteiger partial charge in [0.25, 0.3) is 0 Å². The van der Waals surface area contributed by atoms with E-state index in [0.29, 0.717) is 12.4 Å². The number of rotatable bonds is 6. The first-order valence-corrected chi connectivity index (χ1v) is 11.1. The Labute approximate surface area is 188 Å². The first kappa shape index (κ1) is 20.5. The van der Waals surface area contributed by atoms with Crippen molar-refractivity contribution >= 4 is 16.7 Å². The van der Waals surface area contributed by atoms with E-state index in [1.807, 2.05) is 30.3 Å². The summed E-state index contributed by atoms with van der Waals surface area (Å²) < 4.78 is 0. The minimum Gasteiger partial charge on any atom is -0.393 e. The SMILES string of the molecule is OC1CCN(Cc2ccccc2CNc2nc(-c3cccnc3)nc3ccccc23)CC1. The van der Waals surface area contributed by atoms with Gasteiger partial charge in [-0.05, 0) is 48.2 Å². The van der Waals surface area contributed by atoms with E-state index in [0.717, 1.165) is 54.8 Å². The average Bonchev–Trinajstić information content (AvgIpc) is 2.85. The van der Waals surface area contributed by atoms with Gasteiger partial charge in [0, 0.05) is 49.5 Å². The Balaban J connectivity index is 1.40. The highest BCUT2D eigenvalue weighted by molar-refractivity contribution is 5.90. The van der Waals surface area contributed by atoms with Gasteiger partial charge in [-0.3, -0.25) is 9.88 Å². The molecular weight excluding hydrogens is 398 g/mol. The third-order valence-electron chi connectivity index (χ3n) is 6.04. The quantitative estimate of drug-likeness (QED) is 0.481. The first-order chi connectivity index (χ1) is 15.8. The zero-order chi connectivity index (χ0) is 21.8. The molecule has 2 aromatic heterocycles. The van der Waals surface area contributed by atoms with E-state index in [2.05, 4.69) is 45.5 Å². The number of aliphatic hydroxyl groups is 1. The van der Waals surface area contributed by atoms with Crippen molar-refractivity contribution in [3.63, 3.8) is 0 Å². The summed E-state index contributed by atoms with van der Waals surface area (Å²) in [5.74, 6) is 1.49. The second-order valence-corrected chi connectivity index (χ2v) is 8.28. The second kappa shape index (κ2) is 9.42. The Morgan fingerprint density at radius 3 is 2.50 bits per heavy atom. The van der Waals surface area contributed by atoms with Crippen molar-refractivity contribution in [3.8, 4) is 11.4 Å². The molecule has 3 heterocycles. The molecule has 1 aliphatic rings. The van der Waals surface area contributed by atoms with Crippen LogP contribution in [0.15, 0.2) is 73.1 Å². The van der Waals surface area contributed by atoms with Crippen LogP contribution in [0.2, 0.25) is 0 Å². The monoisotopic (exact) mass is 425 g/mol. The fourth-order valence-corrected chi connectivity index (χ4v) is 4.22. The van der Waals surface area contributed by atoms with E-state index < -0.39 is 0 Å². The molecule has 0 saturated carbocycles. The van der Waals surface area contributed by atoms with Crippen molar-refractivity contribution in [1.82, 2.24) is 19.9 Å². The first-order valence-electron chi connectivity index (χ1n) is 11.1. The minimum atomic E-state index is -0.150. The number of hydrogen-bond acceptors (Lipinski definition) is 6. The van der Waals surface area contributed by atoms with Crippen LogP contribution in [0.5, 0.6) is 0 Å². The number of piperidine rings is 1. The van der Waals surface area contributed by atoms with E-state index in [-0.39, 0.29) is 6.10 Å². The van der Waals surface area contributed by atoms with Gasteiger partial charge >= 0.3 is 0 Å². The molecule has 5 rings (SSSR count). The fourth-order valence-electron chi connectivity index (χ4n) is 4.22. The largest absolute Gasteiger partial charge is 0.393 e. The van der Waals surface area contributed by atoms with Crippen LogP contribution in [0.1, 0.15) is 24.0 Å². The maximum Gasteiger partial charge on any atom is 0.163 e. The lowest BCUT2D eigenvalue weighted by Gasteiger charge is -2.30. The number of likely N-dealkylation sites (tertiary alicyclic amines) is 1. The molecule has 1 fully saturated rings. The number of para-hydroxylation sites is 1. The van der Waals surface area contributed by atoms with Crippen molar-refractivity contribution in [3.05, 3.63) is 84.2 Å². The highest BCUT2D eigenvalue weighted by atomic mass is 16.3. The minimum absolute atomic E-state index is 0.150. The van der Waals surface area contributed by atoms with Gasteiger partial charge < -0.3 is 10.4 Å². The third kappa shape index (κ3) is 4.61. The third-order valence-corrected chi connectivity index (χ3v) is 6.04. The van der Waals surface area contributed by atoms with E-state index in [4.69, 9.17) is 9.97 Å². The van der Waals surface area contributed by atoms with Gasteiger partial charge in [0.2, 0.25) is 0 Å². The molecule has 1 aliphatic heterocycles. The molecule has 0 radical (unpaired) electrons. The van der Waals surface area contributed by atoms with Crippen LogP contribution in [0.3, 0.4) is 0 Å². The Morgan fingerprint density at radius 2 is 1.69 bits per heavy atom.